The number of anilines is 1. The Morgan fingerprint density at radius 1 is 1.65 bits per heavy atom. The molecule has 0 bridgehead atoms. The topological polar surface area (TPSA) is 74.7 Å². The number of pyridine rings is 1. The standard InChI is InChI=1S/C11H16N4OS/c1-8-7-17-5-4-15(8)9-2-3-10(13-6-9)11(12)14-16/h2-3,6,8,16H,4-5,7H2,1H3,(H2,12,14). The average molecular weight is 252 g/mol. The number of hydrogen-bond donors (Lipinski definition) is 2. The lowest BCUT2D eigenvalue weighted by molar-refractivity contribution is 0.318. The van der Waals surface area contributed by atoms with Gasteiger partial charge >= 0.3 is 0 Å². The Balaban J connectivity index is 2.17. The van der Waals surface area contributed by atoms with Gasteiger partial charge in [-0.05, 0) is 19.1 Å². The van der Waals surface area contributed by atoms with Crippen LogP contribution < -0.4 is 10.6 Å². The van der Waals surface area contributed by atoms with Gasteiger partial charge in [-0.1, -0.05) is 5.16 Å². The first-order chi connectivity index (χ1) is 8.22. The van der Waals surface area contributed by atoms with E-state index in [0.29, 0.717) is 11.7 Å². The molecular weight excluding hydrogens is 236 g/mol. The van der Waals surface area contributed by atoms with E-state index in [1.807, 2.05) is 17.8 Å². The van der Waals surface area contributed by atoms with Crippen LogP contribution in [0.1, 0.15) is 12.6 Å². The summed E-state index contributed by atoms with van der Waals surface area (Å²) in [5.41, 5.74) is 7.06. The second kappa shape index (κ2) is 5.27. The third kappa shape index (κ3) is 2.63. The Bertz CT molecular complexity index is 406. The Labute approximate surface area is 105 Å². The number of rotatable bonds is 2. The van der Waals surface area contributed by atoms with Crippen molar-refractivity contribution in [2.75, 3.05) is 23.0 Å². The van der Waals surface area contributed by atoms with Crippen LogP contribution in [0, 0.1) is 0 Å². The maximum atomic E-state index is 8.56. The van der Waals surface area contributed by atoms with E-state index in [2.05, 4.69) is 22.0 Å². The third-order valence-corrected chi connectivity index (χ3v) is 4.01. The molecule has 0 radical (unpaired) electrons. The Kier molecular flexibility index (Phi) is 3.73. The number of hydrogen-bond acceptors (Lipinski definition) is 5. The minimum atomic E-state index is 0.0406. The fourth-order valence-electron chi connectivity index (χ4n) is 1.87. The van der Waals surface area contributed by atoms with Crippen LogP contribution in [0.2, 0.25) is 0 Å². The number of nitrogens with zero attached hydrogens (tertiary/aromatic N) is 3. The Morgan fingerprint density at radius 2 is 2.47 bits per heavy atom. The van der Waals surface area contributed by atoms with Crippen LogP contribution >= 0.6 is 11.8 Å². The van der Waals surface area contributed by atoms with E-state index in [9.17, 15) is 0 Å². The molecule has 6 heteroatoms. The fourth-order valence-corrected chi connectivity index (χ4v) is 2.88. The van der Waals surface area contributed by atoms with Crippen molar-refractivity contribution >= 4 is 23.3 Å². The molecular formula is C11H16N4OS. The Morgan fingerprint density at radius 3 is 3.06 bits per heavy atom. The summed E-state index contributed by atoms with van der Waals surface area (Å²) >= 11 is 1.98. The normalized spacial score (nSPS) is 21.6. The second-order valence-electron chi connectivity index (χ2n) is 4.00. The molecule has 0 amide bonds. The number of aromatic nitrogens is 1. The summed E-state index contributed by atoms with van der Waals surface area (Å²) < 4.78 is 0. The SMILES string of the molecule is CC1CSCCN1c1ccc(/C(N)=N/O)nc1. The van der Waals surface area contributed by atoms with Crippen LogP contribution in [0.15, 0.2) is 23.5 Å². The van der Waals surface area contributed by atoms with Crippen LogP contribution in [-0.4, -0.2) is 40.1 Å². The first-order valence-electron chi connectivity index (χ1n) is 5.50. The van der Waals surface area contributed by atoms with E-state index in [0.717, 1.165) is 23.7 Å². The second-order valence-corrected chi connectivity index (χ2v) is 5.15. The largest absolute Gasteiger partial charge is 0.409 e. The summed E-state index contributed by atoms with van der Waals surface area (Å²) in [6.45, 7) is 3.25. The van der Waals surface area contributed by atoms with Gasteiger partial charge < -0.3 is 15.8 Å². The molecule has 1 aliphatic heterocycles. The molecule has 0 aliphatic carbocycles. The van der Waals surface area contributed by atoms with Crippen molar-refractivity contribution in [3.8, 4) is 0 Å². The van der Waals surface area contributed by atoms with Crippen LogP contribution in [0.5, 0.6) is 0 Å². The summed E-state index contributed by atoms with van der Waals surface area (Å²) in [6.07, 6.45) is 1.78. The summed E-state index contributed by atoms with van der Waals surface area (Å²) in [7, 11) is 0. The summed E-state index contributed by atoms with van der Waals surface area (Å²) in [5.74, 6) is 2.33. The molecule has 92 valence electrons. The smallest absolute Gasteiger partial charge is 0.188 e. The minimum Gasteiger partial charge on any atom is -0.409 e. The van der Waals surface area contributed by atoms with Gasteiger partial charge in [0, 0.05) is 24.1 Å². The van der Waals surface area contributed by atoms with Crippen molar-refractivity contribution in [2.45, 2.75) is 13.0 Å². The van der Waals surface area contributed by atoms with E-state index in [-0.39, 0.29) is 5.84 Å². The third-order valence-electron chi connectivity index (χ3n) is 2.82. The van der Waals surface area contributed by atoms with Crippen molar-refractivity contribution in [2.24, 2.45) is 10.9 Å². The number of oxime groups is 1. The zero-order chi connectivity index (χ0) is 12.3. The van der Waals surface area contributed by atoms with Crippen molar-refractivity contribution < 1.29 is 5.21 Å². The number of thioether (sulfide) groups is 1. The highest BCUT2D eigenvalue weighted by Crippen LogP contribution is 2.23. The molecule has 17 heavy (non-hydrogen) atoms. The molecule has 2 rings (SSSR count). The molecule has 1 atom stereocenters. The molecule has 1 unspecified atom stereocenters. The molecule has 1 aromatic heterocycles. The van der Waals surface area contributed by atoms with E-state index in [1.54, 1.807) is 12.3 Å². The van der Waals surface area contributed by atoms with Crippen molar-refractivity contribution in [1.29, 1.82) is 0 Å². The molecule has 0 saturated carbocycles. The molecule has 1 aliphatic rings. The molecule has 1 aromatic rings. The Hall–Kier alpha value is -1.43. The molecule has 3 N–H and O–H groups in total. The van der Waals surface area contributed by atoms with Gasteiger partial charge in [-0.15, -0.1) is 0 Å². The number of amidine groups is 1. The van der Waals surface area contributed by atoms with Gasteiger partial charge in [0.15, 0.2) is 5.84 Å². The maximum Gasteiger partial charge on any atom is 0.188 e. The molecule has 0 aromatic carbocycles. The van der Waals surface area contributed by atoms with Crippen molar-refractivity contribution in [3.63, 3.8) is 0 Å². The monoisotopic (exact) mass is 252 g/mol. The predicted octanol–water partition coefficient (Wildman–Crippen LogP) is 1.12. The highest BCUT2D eigenvalue weighted by Gasteiger charge is 2.19. The zero-order valence-electron chi connectivity index (χ0n) is 9.71. The van der Waals surface area contributed by atoms with Gasteiger partial charge in [-0.2, -0.15) is 11.8 Å². The first-order valence-corrected chi connectivity index (χ1v) is 6.66. The summed E-state index contributed by atoms with van der Waals surface area (Å²) in [4.78, 5) is 6.53. The van der Waals surface area contributed by atoms with Crippen molar-refractivity contribution in [1.82, 2.24) is 4.98 Å². The molecule has 5 nitrogen and oxygen atoms in total. The van der Waals surface area contributed by atoms with Crippen molar-refractivity contribution in [3.05, 3.63) is 24.0 Å². The van der Waals surface area contributed by atoms with E-state index < -0.39 is 0 Å². The van der Waals surface area contributed by atoms with Gasteiger partial charge in [0.2, 0.25) is 0 Å². The highest BCUT2D eigenvalue weighted by atomic mass is 32.2. The first kappa shape index (κ1) is 12.0. The van der Waals surface area contributed by atoms with Gasteiger partial charge in [0.1, 0.15) is 5.69 Å². The summed E-state index contributed by atoms with van der Waals surface area (Å²) in [5, 5.41) is 11.5. The lowest BCUT2D eigenvalue weighted by atomic mass is 10.2. The molecule has 1 fully saturated rings. The quantitative estimate of drug-likeness (QED) is 0.357. The minimum absolute atomic E-state index is 0.0406. The highest BCUT2D eigenvalue weighted by molar-refractivity contribution is 7.99. The van der Waals surface area contributed by atoms with E-state index in [4.69, 9.17) is 10.9 Å². The van der Waals surface area contributed by atoms with Crippen LogP contribution in [0.4, 0.5) is 5.69 Å². The van der Waals surface area contributed by atoms with Crippen LogP contribution in [0.25, 0.3) is 0 Å². The van der Waals surface area contributed by atoms with Gasteiger partial charge in [0.25, 0.3) is 0 Å². The van der Waals surface area contributed by atoms with Crippen LogP contribution in [0.3, 0.4) is 0 Å². The predicted molar refractivity (Wildman–Crippen MR) is 70.9 cm³/mol. The lowest BCUT2D eigenvalue weighted by Crippen LogP contribution is -2.40. The van der Waals surface area contributed by atoms with Crippen LogP contribution in [-0.2, 0) is 0 Å². The van der Waals surface area contributed by atoms with Gasteiger partial charge in [0.05, 0.1) is 11.9 Å². The fraction of sp³-hybridized carbons (Fsp3) is 0.455. The lowest BCUT2D eigenvalue weighted by Gasteiger charge is -2.34. The zero-order valence-corrected chi connectivity index (χ0v) is 10.5. The molecule has 1 saturated heterocycles. The van der Waals surface area contributed by atoms with Gasteiger partial charge in [-0.25, -0.2) is 0 Å². The van der Waals surface area contributed by atoms with E-state index >= 15 is 0 Å². The maximum absolute atomic E-state index is 8.56. The average Bonchev–Trinajstić information content (AvgIpc) is 2.39. The van der Waals surface area contributed by atoms with Gasteiger partial charge in [-0.3, -0.25) is 4.98 Å². The summed E-state index contributed by atoms with van der Waals surface area (Å²) in [6, 6.07) is 4.26. The van der Waals surface area contributed by atoms with E-state index in [1.165, 1.54) is 0 Å². The number of nitrogens with two attached hydrogens (primary N) is 1. The molecule has 0 spiro atoms. The molecule has 2 heterocycles.